The highest BCUT2D eigenvalue weighted by molar-refractivity contribution is 7.98. The molecule has 0 aromatic rings. The molecule has 84 valence electrons. The summed E-state index contributed by atoms with van der Waals surface area (Å²) in [7, 11) is 0. The van der Waals surface area contributed by atoms with E-state index in [1.807, 2.05) is 11.8 Å². The van der Waals surface area contributed by atoms with Gasteiger partial charge in [-0.15, -0.1) is 0 Å². The molecule has 0 amide bonds. The van der Waals surface area contributed by atoms with Gasteiger partial charge in [-0.25, -0.2) is 0 Å². The lowest BCUT2D eigenvalue weighted by atomic mass is 9.98. The molecule has 1 heterocycles. The van der Waals surface area contributed by atoms with Crippen LogP contribution in [0.4, 0.5) is 0 Å². The van der Waals surface area contributed by atoms with Crippen molar-refractivity contribution in [2.75, 3.05) is 38.2 Å². The molecule has 3 heteroatoms. The minimum absolute atomic E-state index is 0.768. The van der Waals surface area contributed by atoms with Crippen LogP contribution in [0, 0.1) is 5.92 Å². The molecule has 1 saturated heterocycles. The quantitative estimate of drug-likeness (QED) is 0.687. The lowest BCUT2D eigenvalue weighted by Crippen LogP contribution is -2.38. The van der Waals surface area contributed by atoms with Crippen LogP contribution in [0.25, 0.3) is 0 Å². The van der Waals surface area contributed by atoms with Crippen molar-refractivity contribution in [2.45, 2.75) is 25.7 Å². The zero-order chi connectivity index (χ0) is 10.2. The van der Waals surface area contributed by atoms with Gasteiger partial charge in [0.05, 0.1) is 0 Å². The summed E-state index contributed by atoms with van der Waals surface area (Å²) in [4.78, 5) is 2.60. The van der Waals surface area contributed by atoms with Gasteiger partial charge in [-0.1, -0.05) is 0 Å². The smallest absolute Gasteiger partial charge is 0.00217 e. The normalized spacial score (nSPS) is 24.0. The second-order valence-corrected chi connectivity index (χ2v) is 5.23. The van der Waals surface area contributed by atoms with E-state index < -0.39 is 0 Å². The molecule has 0 radical (unpaired) electrons. The summed E-state index contributed by atoms with van der Waals surface area (Å²) >= 11 is 1.95. The fourth-order valence-electron chi connectivity index (χ4n) is 2.13. The molecule has 2 N–H and O–H groups in total. The molecule has 1 atom stereocenters. The van der Waals surface area contributed by atoms with Gasteiger partial charge in [0.15, 0.2) is 0 Å². The van der Waals surface area contributed by atoms with E-state index in [1.54, 1.807) is 0 Å². The number of piperidine rings is 1. The van der Waals surface area contributed by atoms with Gasteiger partial charge < -0.3 is 10.6 Å². The van der Waals surface area contributed by atoms with Gasteiger partial charge in [-0.3, -0.25) is 0 Å². The van der Waals surface area contributed by atoms with E-state index in [-0.39, 0.29) is 0 Å². The van der Waals surface area contributed by atoms with Crippen molar-refractivity contribution < 1.29 is 0 Å². The molecule has 1 rings (SSSR count). The Bertz CT molecular complexity index is 141. The number of likely N-dealkylation sites (tertiary alicyclic amines) is 1. The van der Waals surface area contributed by atoms with Crippen LogP contribution in [0.2, 0.25) is 0 Å². The summed E-state index contributed by atoms with van der Waals surface area (Å²) in [6.07, 6.45) is 7.61. The number of rotatable bonds is 6. The van der Waals surface area contributed by atoms with Crippen LogP contribution in [0.1, 0.15) is 25.7 Å². The SMILES string of the molecule is CSCCCCN1CCCC(CN)C1. The summed E-state index contributed by atoms with van der Waals surface area (Å²) < 4.78 is 0. The molecule has 14 heavy (non-hydrogen) atoms. The third kappa shape index (κ3) is 4.67. The average Bonchev–Trinajstić information content (AvgIpc) is 2.25. The highest BCUT2D eigenvalue weighted by atomic mass is 32.2. The topological polar surface area (TPSA) is 29.3 Å². The molecule has 0 aromatic carbocycles. The van der Waals surface area contributed by atoms with Crippen molar-refractivity contribution in [1.29, 1.82) is 0 Å². The van der Waals surface area contributed by atoms with Crippen molar-refractivity contribution in [3.05, 3.63) is 0 Å². The van der Waals surface area contributed by atoms with Gasteiger partial charge in [0, 0.05) is 6.54 Å². The number of thioether (sulfide) groups is 1. The Hall–Kier alpha value is 0.270. The molecule has 1 fully saturated rings. The Kier molecular flexibility index (Phi) is 6.65. The van der Waals surface area contributed by atoms with Crippen LogP contribution in [-0.2, 0) is 0 Å². The van der Waals surface area contributed by atoms with Gasteiger partial charge in [0.1, 0.15) is 0 Å². The molecule has 0 bridgehead atoms. The summed E-state index contributed by atoms with van der Waals surface area (Å²) in [6, 6.07) is 0. The first-order valence-corrected chi connectivity index (χ1v) is 7.17. The monoisotopic (exact) mass is 216 g/mol. The predicted molar refractivity (Wildman–Crippen MR) is 65.8 cm³/mol. The van der Waals surface area contributed by atoms with Crippen LogP contribution in [0.15, 0.2) is 0 Å². The van der Waals surface area contributed by atoms with E-state index in [0.717, 1.165) is 12.5 Å². The first kappa shape index (κ1) is 12.3. The predicted octanol–water partition coefficient (Wildman–Crippen LogP) is 1.80. The van der Waals surface area contributed by atoms with Crippen LogP contribution >= 0.6 is 11.8 Å². The fraction of sp³-hybridized carbons (Fsp3) is 1.00. The third-order valence-electron chi connectivity index (χ3n) is 3.01. The average molecular weight is 216 g/mol. The molecule has 1 aliphatic rings. The van der Waals surface area contributed by atoms with Gasteiger partial charge in [0.25, 0.3) is 0 Å². The zero-order valence-corrected chi connectivity index (χ0v) is 10.2. The Morgan fingerprint density at radius 1 is 1.43 bits per heavy atom. The molecule has 0 saturated carbocycles. The van der Waals surface area contributed by atoms with E-state index in [4.69, 9.17) is 5.73 Å². The summed E-state index contributed by atoms with van der Waals surface area (Å²) in [5.74, 6) is 2.08. The molecule has 2 nitrogen and oxygen atoms in total. The van der Waals surface area contributed by atoms with Gasteiger partial charge in [-0.05, 0) is 63.2 Å². The molecule has 1 aliphatic heterocycles. The highest BCUT2D eigenvalue weighted by Gasteiger charge is 2.17. The van der Waals surface area contributed by atoms with Crippen molar-refractivity contribution >= 4 is 11.8 Å². The van der Waals surface area contributed by atoms with Crippen LogP contribution in [0.5, 0.6) is 0 Å². The highest BCUT2D eigenvalue weighted by Crippen LogP contribution is 2.15. The first-order chi connectivity index (χ1) is 6.86. The molecular formula is C11H24N2S. The minimum atomic E-state index is 0.768. The van der Waals surface area contributed by atoms with Crippen LogP contribution in [-0.4, -0.2) is 43.1 Å². The number of unbranched alkanes of at least 4 members (excludes halogenated alkanes) is 1. The second-order valence-electron chi connectivity index (χ2n) is 4.24. The van der Waals surface area contributed by atoms with E-state index in [0.29, 0.717) is 0 Å². The maximum absolute atomic E-state index is 5.71. The standard InChI is InChI=1S/C11H24N2S/c1-14-8-3-2-6-13-7-4-5-11(9-12)10-13/h11H,2-10,12H2,1H3. The lowest BCUT2D eigenvalue weighted by molar-refractivity contribution is 0.176. The maximum Gasteiger partial charge on any atom is 0.00217 e. The van der Waals surface area contributed by atoms with E-state index in [9.17, 15) is 0 Å². The van der Waals surface area contributed by atoms with E-state index in [1.165, 1.54) is 51.1 Å². The summed E-state index contributed by atoms with van der Waals surface area (Å²) in [6.45, 7) is 4.71. The van der Waals surface area contributed by atoms with Gasteiger partial charge in [-0.2, -0.15) is 11.8 Å². The van der Waals surface area contributed by atoms with Gasteiger partial charge >= 0.3 is 0 Å². The summed E-state index contributed by atoms with van der Waals surface area (Å²) in [5.41, 5.74) is 5.71. The fourth-order valence-corrected chi connectivity index (χ4v) is 2.62. The zero-order valence-electron chi connectivity index (χ0n) is 9.37. The first-order valence-electron chi connectivity index (χ1n) is 5.78. The van der Waals surface area contributed by atoms with Crippen molar-refractivity contribution in [3.8, 4) is 0 Å². The number of hydrogen-bond acceptors (Lipinski definition) is 3. The molecule has 0 aromatic heterocycles. The molecular weight excluding hydrogens is 192 g/mol. The van der Waals surface area contributed by atoms with Crippen molar-refractivity contribution in [3.63, 3.8) is 0 Å². The van der Waals surface area contributed by atoms with E-state index in [2.05, 4.69) is 11.2 Å². The van der Waals surface area contributed by atoms with E-state index >= 15 is 0 Å². The molecule has 1 unspecified atom stereocenters. The third-order valence-corrected chi connectivity index (χ3v) is 3.71. The summed E-state index contributed by atoms with van der Waals surface area (Å²) in [5, 5.41) is 0. The Labute approximate surface area is 92.6 Å². The van der Waals surface area contributed by atoms with Crippen LogP contribution < -0.4 is 5.73 Å². The second kappa shape index (κ2) is 7.55. The Morgan fingerprint density at radius 2 is 2.29 bits per heavy atom. The van der Waals surface area contributed by atoms with Crippen LogP contribution in [0.3, 0.4) is 0 Å². The van der Waals surface area contributed by atoms with Gasteiger partial charge in [0.2, 0.25) is 0 Å². The largest absolute Gasteiger partial charge is 0.330 e. The minimum Gasteiger partial charge on any atom is -0.330 e. The Balaban J connectivity index is 2.05. The molecule has 0 aliphatic carbocycles. The van der Waals surface area contributed by atoms with Crippen molar-refractivity contribution in [2.24, 2.45) is 11.7 Å². The Morgan fingerprint density at radius 3 is 3.00 bits per heavy atom. The number of hydrogen-bond donors (Lipinski definition) is 1. The molecule has 0 spiro atoms. The number of nitrogens with zero attached hydrogens (tertiary/aromatic N) is 1. The van der Waals surface area contributed by atoms with Crippen molar-refractivity contribution in [1.82, 2.24) is 4.90 Å². The maximum atomic E-state index is 5.71. The lowest BCUT2D eigenvalue weighted by Gasteiger charge is -2.32. The number of nitrogens with two attached hydrogens (primary N) is 1.